The Morgan fingerprint density at radius 2 is 1.62 bits per heavy atom. The van der Waals surface area contributed by atoms with E-state index < -0.39 is 0 Å². The lowest BCUT2D eigenvalue weighted by atomic mass is 10.1. The summed E-state index contributed by atoms with van der Waals surface area (Å²) < 4.78 is 13.0. The van der Waals surface area contributed by atoms with Crippen molar-refractivity contribution in [1.29, 1.82) is 0 Å². The largest absolute Gasteiger partial charge is 0.346 e. The molecule has 1 aliphatic rings. The van der Waals surface area contributed by atoms with Crippen molar-refractivity contribution in [3.05, 3.63) is 71.0 Å². The molecule has 1 fully saturated rings. The van der Waals surface area contributed by atoms with E-state index in [-0.39, 0.29) is 17.8 Å². The fourth-order valence-electron chi connectivity index (χ4n) is 3.43. The Labute approximate surface area is 155 Å². The molecule has 0 aliphatic carbocycles. The molecule has 0 unspecified atom stereocenters. The quantitative estimate of drug-likeness (QED) is 0.845. The van der Waals surface area contributed by atoms with E-state index in [1.54, 1.807) is 12.1 Å². The van der Waals surface area contributed by atoms with Gasteiger partial charge in [0.2, 0.25) is 0 Å². The van der Waals surface area contributed by atoms with Gasteiger partial charge in [-0.1, -0.05) is 37.1 Å². The molecule has 0 spiro atoms. The highest BCUT2D eigenvalue weighted by molar-refractivity contribution is 5.94. The van der Waals surface area contributed by atoms with Gasteiger partial charge in [-0.15, -0.1) is 0 Å². The molecular formula is C22H27FN2O. The van der Waals surface area contributed by atoms with Gasteiger partial charge in [0.1, 0.15) is 5.82 Å². The third kappa shape index (κ3) is 5.15. The highest BCUT2D eigenvalue weighted by Crippen LogP contribution is 2.16. The lowest BCUT2D eigenvalue weighted by Crippen LogP contribution is -2.27. The summed E-state index contributed by atoms with van der Waals surface area (Å²) in [6.07, 6.45) is 5.23. The van der Waals surface area contributed by atoms with Crippen LogP contribution in [0.25, 0.3) is 0 Å². The van der Waals surface area contributed by atoms with Crippen LogP contribution in [0.5, 0.6) is 0 Å². The highest BCUT2D eigenvalue weighted by atomic mass is 19.1. The van der Waals surface area contributed by atoms with Crippen LogP contribution in [0.15, 0.2) is 48.5 Å². The van der Waals surface area contributed by atoms with Gasteiger partial charge < -0.3 is 5.32 Å². The predicted octanol–water partition coefficient (Wildman–Crippen LogP) is 4.69. The van der Waals surface area contributed by atoms with E-state index in [9.17, 15) is 9.18 Å². The number of likely N-dealkylation sites (tertiary alicyclic amines) is 1. The molecule has 0 radical (unpaired) electrons. The van der Waals surface area contributed by atoms with Crippen LogP contribution in [0.2, 0.25) is 0 Å². The van der Waals surface area contributed by atoms with Crippen molar-refractivity contribution >= 4 is 5.91 Å². The second-order valence-electron chi connectivity index (χ2n) is 7.13. The molecular weight excluding hydrogens is 327 g/mol. The number of hydrogen-bond donors (Lipinski definition) is 1. The zero-order valence-corrected chi connectivity index (χ0v) is 15.4. The Balaban J connectivity index is 1.56. The number of rotatable bonds is 5. The summed E-state index contributed by atoms with van der Waals surface area (Å²) in [6, 6.07) is 13.9. The maximum Gasteiger partial charge on any atom is 0.251 e. The Bertz CT molecular complexity index is 704. The van der Waals surface area contributed by atoms with Crippen molar-refractivity contribution in [3.63, 3.8) is 0 Å². The second-order valence-corrected chi connectivity index (χ2v) is 7.13. The van der Waals surface area contributed by atoms with Crippen LogP contribution in [-0.4, -0.2) is 23.9 Å². The average molecular weight is 354 g/mol. The van der Waals surface area contributed by atoms with E-state index in [0.29, 0.717) is 5.56 Å². The Kier molecular flexibility index (Phi) is 6.40. The zero-order valence-electron chi connectivity index (χ0n) is 15.4. The van der Waals surface area contributed by atoms with E-state index in [2.05, 4.69) is 10.2 Å². The van der Waals surface area contributed by atoms with Crippen LogP contribution in [0, 0.1) is 5.82 Å². The Morgan fingerprint density at radius 1 is 1.00 bits per heavy atom. The summed E-state index contributed by atoms with van der Waals surface area (Å²) in [5.41, 5.74) is 2.78. The van der Waals surface area contributed by atoms with Crippen molar-refractivity contribution in [1.82, 2.24) is 10.2 Å². The van der Waals surface area contributed by atoms with Gasteiger partial charge in [-0.05, 0) is 68.2 Å². The van der Waals surface area contributed by atoms with Gasteiger partial charge in [0, 0.05) is 12.1 Å². The number of nitrogens with one attached hydrogen (secondary N) is 1. The minimum Gasteiger partial charge on any atom is -0.346 e. The lowest BCUT2D eigenvalue weighted by molar-refractivity contribution is 0.0940. The molecule has 3 rings (SSSR count). The molecule has 1 N–H and O–H groups in total. The molecule has 3 nitrogen and oxygen atoms in total. The third-order valence-corrected chi connectivity index (χ3v) is 5.04. The first-order chi connectivity index (χ1) is 12.6. The number of nitrogens with zero attached hydrogens (tertiary/aromatic N) is 1. The minimum absolute atomic E-state index is 0.108. The first-order valence-electron chi connectivity index (χ1n) is 9.49. The zero-order chi connectivity index (χ0) is 18.4. The van der Waals surface area contributed by atoms with Crippen LogP contribution in [0.4, 0.5) is 4.39 Å². The van der Waals surface area contributed by atoms with Crippen LogP contribution in [0.3, 0.4) is 0 Å². The third-order valence-electron chi connectivity index (χ3n) is 5.04. The summed E-state index contributed by atoms with van der Waals surface area (Å²) >= 11 is 0. The topological polar surface area (TPSA) is 32.3 Å². The van der Waals surface area contributed by atoms with Gasteiger partial charge in [0.15, 0.2) is 0 Å². The predicted molar refractivity (Wildman–Crippen MR) is 102 cm³/mol. The van der Waals surface area contributed by atoms with Gasteiger partial charge in [0.05, 0.1) is 6.04 Å². The molecule has 26 heavy (non-hydrogen) atoms. The molecule has 0 aromatic heterocycles. The van der Waals surface area contributed by atoms with Crippen molar-refractivity contribution in [3.8, 4) is 0 Å². The first-order valence-corrected chi connectivity index (χ1v) is 9.49. The number of carbonyl (C=O) groups excluding carboxylic acids is 1. The molecule has 2 aromatic rings. The van der Waals surface area contributed by atoms with E-state index in [1.165, 1.54) is 43.4 Å². The fraction of sp³-hybridized carbons (Fsp3) is 0.409. The Morgan fingerprint density at radius 3 is 2.23 bits per heavy atom. The number of carbonyl (C=O) groups is 1. The normalized spacial score (nSPS) is 16.7. The summed E-state index contributed by atoms with van der Waals surface area (Å²) in [5.74, 6) is -0.379. The number of amides is 1. The highest BCUT2D eigenvalue weighted by Gasteiger charge is 2.13. The summed E-state index contributed by atoms with van der Waals surface area (Å²) in [7, 11) is 0. The second kappa shape index (κ2) is 8.95. The number of benzene rings is 2. The monoisotopic (exact) mass is 354 g/mol. The van der Waals surface area contributed by atoms with Crippen molar-refractivity contribution in [2.75, 3.05) is 13.1 Å². The van der Waals surface area contributed by atoms with Crippen molar-refractivity contribution in [2.24, 2.45) is 0 Å². The van der Waals surface area contributed by atoms with E-state index in [0.717, 1.165) is 25.2 Å². The smallest absolute Gasteiger partial charge is 0.251 e. The summed E-state index contributed by atoms with van der Waals surface area (Å²) in [6.45, 7) is 5.18. The molecule has 2 aromatic carbocycles. The van der Waals surface area contributed by atoms with Gasteiger partial charge in [-0.2, -0.15) is 0 Å². The maximum atomic E-state index is 13.0. The van der Waals surface area contributed by atoms with E-state index >= 15 is 0 Å². The molecule has 1 saturated heterocycles. The van der Waals surface area contributed by atoms with E-state index in [1.807, 2.05) is 31.2 Å². The molecule has 0 bridgehead atoms. The summed E-state index contributed by atoms with van der Waals surface area (Å²) in [4.78, 5) is 14.9. The van der Waals surface area contributed by atoms with Crippen molar-refractivity contribution < 1.29 is 9.18 Å². The van der Waals surface area contributed by atoms with Gasteiger partial charge in [-0.3, -0.25) is 9.69 Å². The SMILES string of the molecule is C[C@@H](NC(=O)c1ccc(CN2CCCCCC2)cc1)c1ccc(F)cc1. The molecule has 1 atom stereocenters. The average Bonchev–Trinajstić information content (AvgIpc) is 2.91. The Hall–Kier alpha value is -2.20. The molecule has 0 saturated carbocycles. The van der Waals surface area contributed by atoms with Gasteiger partial charge in [0.25, 0.3) is 5.91 Å². The van der Waals surface area contributed by atoms with Crippen LogP contribution in [0.1, 0.15) is 60.1 Å². The van der Waals surface area contributed by atoms with E-state index in [4.69, 9.17) is 0 Å². The van der Waals surface area contributed by atoms with Crippen LogP contribution in [-0.2, 0) is 6.54 Å². The first kappa shape index (κ1) is 18.6. The van der Waals surface area contributed by atoms with Crippen LogP contribution < -0.4 is 5.32 Å². The molecule has 1 heterocycles. The van der Waals surface area contributed by atoms with Crippen molar-refractivity contribution in [2.45, 2.75) is 45.2 Å². The molecule has 1 amide bonds. The molecule has 4 heteroatoms. The fourth-order valence-corrected chi connectivity index (χ4v) is 3.43. The lowest BCUT2D eigenvalue weighted by Gasteiger charge is -2.20. The standard InChI is InChI=1S/C22H27FN2O/c1-17(19-10-12-21(23)13-11-19)24-22(26)20-8-6-18(7-9-20)16-25-14-4-2-3-5-15-25/h6-13,17H,2-5,14-16H2,1H3,(H,24,26)/t17-/m1/s1. The summed E-state index contributed by atoms with van der Waals surface area (Å²) in [5, 5.41) is 2.97. The van der Waals surface area contributed by atoms with Crippen LogP contribution >= 0.6 is 0 Å². The maximum absolute atomic E-state index is 13.0. The minimum atomic E-state index is -0.271. The number of hydrogen-bond acceptors (Lipinski definition) is 2. The van der Waals surface area contributed by atoms with Gasteiger partial charge in [-0.25, -0.2) is 4.39 Å². The molecule has 1 aliphatic heterocycles. The molecule has 138 valence electrons. The number of halogens is 1. The van der Waals surface area contributed by atoms with Gasteiger partial charge >= 0.3 is 0 Å².